The van der Waals surface area contributed by atoms with Crippen molar-refractivity contribution < 1.29 is 17.9 Å². The lowest BCUT2D eigenvalue weighted by Crippen LogP contribution is -2.45. The summed E-state index contributed by atoms with van der Waals surface area (Å²) in [6, 6.07) is 13.1. The van der Waals surface area contributed by atoms with Gasteiger partial charge in [0.15, 0.2) is 0 Å². The second-order valence-corrected chi connectivity index (χ2v) is 8.62. The molecule has 0 saturated heterocycles. The van der Waals surface area contributed by atoms with Crippen LogP contribution in [-0.2, 0) is 14.8 Å². The van der Waals surface area contributed by atoms with E-state index in [2.05, 4.69) is 5.32 Å². The third-order valence-corrected chi connectivity index (χ3v) is 5.06. The number of sulfonamides is 1. The minimum absolute atomic E-state index is 0.0110. The molecule has 0 aliphatic heterocycles. The Bertz CT molecular complexity index is 910. The largest absolute Gasteiger partial charge is 0.491 e. The molecule has 0 aromatic heterocycles. The number of hydrogen-bond donors (Lipinski definition) is 1. The summed E-state index contributed by atoms with van der Waals surface area (Å²) in [5, 5.41) is 2.77. The van der Waals surface area contributed by atoms with Crippen molar-refractivity contribution in [2.75, 3.05) is 15.9 Å². The van der Waals surface area contributed by atoms with Crippen molar-refractivity contribution in [2.45, 2.75) is 39.8 Å². The number of aryl methyl sites for hydroxylation is 1. The maximum atomic E-state index is 12.7. The molecule has 2 aromatic rings. The van der Waals surface area contributed by atoms with Crippen LogP contribution in [0.25, 0.3) is 0 Å². The van der Waals surface area contributed by atoms with Gasteiger partial charge in [-0.15, -0.1) is 0 Å². The summed E-state index contributed by atoms with van der Waals surface area (Å²) < 4.78 is 31.4. The molecule has 0 heterocycles. The Balaban J connectivity index is 2.25. The Kier molecular flexibility index (Phi) is 6.49. The first-order valence-electron chi connectivity index (χ1n) is 8.71. The Hall–Kier alpha value is -2.54. The number of amides is 1. The second kappa shape index (κ2) is 8.43. The van der Waals surface area contributed by atoms with Crippen LogP contribution in [0.2, 0.25) is 0 Å². The van der Waals surface area contributed by atoms with Gasteiger partial charge in [0.1, 0.15) is 11.8 Å². The molecule has 7 heteroatoms. The standard InChI is InChI=1S/C20H26N2O4S/c1-14(2)26-19-11-7-9-17(13-19)21-20(23)16(4)22(27(5,24)25)18-10-6-8-15(3)12-18/h6-14,16H,1-5H3,(H,21,23)/t16-/m1/s1. The molecular weight excluding hydrogens is 364 g/mol. The van der Waals surface area contributed by atoms with Crippen LogP contribution in [0.4, 0.5) is 11.4 Å². The van der Waals surface area contributed by atoms with Gasteiger partial charge in [-0.25, -0.2) is 8.42 Å². The fourth-order valence-corrected chi connectivity index (χ4v) is 3.91. The Morgan fingerprint density at radius 3 is 2.33 bits per heavy atom. The molecule has 2 aromatic carbocycles. The number of carbonyl (C=O) groups excluding carboxylic acids is 1. The van der Waals surface area contributed by atoms with E-state index in [-0.39, 0.29) is 6.10 Å². The number of ether oxygens (including phenoxy) is 1. The van der Waals surface area contributed by atoms with E-state index in [1.165, 1.54) is 0 Å². The van der Waals surface area contributed by atoms with E-state index in [0.717, 1.165) is 16.1 Å². The van der Waals surface area contributed by atoms with Crippen molar-refractivity contribution in [2.24, 2.45) is 0 Å². The van der Waals surface area contributed by atoms with E-state index in [4.69, 9.17) is 4.74 Å². The predicted octanol–water partition coefficient (Wildman–Crippen LogP) is 3.58. The van der Waals surface area contributed by atoms with E-state index in [9.17, 15) is 13.2 Å². The van der Waals surface area contributed by atoms with Crippen LogP contribution in [0.1, 0.15) is 26.3 Å². The van der Waals surface area contributed by atoms with E-state index in [1.54, 1.807) is 49.4 Å². The van der Waals surface area contributed by atoms with Gasteiger partial charge in [0.2, 0.25) is 15.9 Å². The Morgan fingerprint density at radius 2 is 1.74 bits per heavy atom. The van der Waals surface area contributed by atoms with Gasteiger partial charge in [-0.05, 0) is 57.5 Å². The van der Waals surface area contributed by atoms with E-state index in [0.29, 0.717) is 17.1 Å². The molecule has 1 amide bonds. The second-order valence-electron chi connectivity index (χ2n) is 6.76. The molecule has 1 N–H and O–H groups in total. The normalized spacial score (nSPS) is 12.5. The summed E-state index contributed by atoms with van der Waals surface area (Å²) in [7, 11) is -3.65. The van der Waals surface area contributed by atoms with Gasteiger partial charge < -0.3 is 10.1 Å². The maximum Gasteiger partial charge on any atom is 0.247 e. The van der Waals surface area contributed by atoms with Crippen LogP contribution in [0.15, 0.2) is 48.5 Å². The van der Waals surface area contributed by atoms with E-state index in [1.807, 2.05) is 26.8 Å². The molecule has 0 aliphatic rings. The number of rotatable bonds is 7. The van der Waals surface area contributed by atoms with Crippen molar-refractivity contribution in [3.63, 3.8) is 0 Å². The van der Waals surface area contributed by atoms with Gasteiger partial charge in [-0.2, -0.15) is 0 Å². The van der Waals surface area contributed by atoms with Crippen molar-refractivity contribution in [3.05, 3.63) is 54.1 Å². The molecule has 0 fully saturated rings. The number of anilines is 2. The molecule has 0 radical (unpaired) electrons. The highest BCUT2D eigenvalue weighted by molar-refractivity contribution is 7.92. The number of nitrogens with zero attached hydrogens (tertiary/aromatic N) is 1. The van der Waals surface area contributed by atoms with Gasteiger partial charge >= 0.3 is 0 Å². The fourth-order valence-electron chi connectivity index (χ4n) is 2.74. The summed E-state index contributed by atoms with van der Waals surface area (Å²) in [6.45, 7) is 7.26. The molecule has 0 spiro atoms. The smallest absolute Gasteiger partial charge is 0.247 e. The summed E-state index contributed by atoms with van der Waals surface area (Å²) in [4.78, 5) is 12.7. The number of carbonyl (C=O) groups is 1. The van der Waals surface area contributed by atoms with Crippen molar-refractivity contribution in [3.8, 4) is 5.75 Å². The van der Waals surface area contributed by atoms with E-state index >= 15 is 0 Å². The van der Waals surface area contributed by atoms with Gasteiger partial charge in [0.05, 0.1) is 18.0 Å². The maximum absolute atomic E-state index is 12.7. The summed E-state index contributed by atoms with van der Waals surface area (Å²) >= 11 is 0. The molecule has 0 unspecified atom stereocenters. The third-order valence-electron chi connectivity index (χ3n) is 3.82. The predicted molar refractivity (Wildman–Crippen MR) is 109 cm³/mol. The molecule has 146 valence electrons. The average Bonchev–Trinajstić information content (AvgIpc) is 2.53. The third kappa shape index (κ3) is 5.72. The quantitative estimate of drug-likeness (QED) is 0.784. The van der Waals surface area contributed by atoms with Gasteiger partial charge in [-0.1, -0.05) is 18.2 Å². The van der Waals surface area contributed by atoms with Crippen LogP contribution in [0.3, 0.4) is 0 Å². The lowest BCUT2D eigenvalue weighted by molar-refractivity contribution is -0.116. The Morgan fingerprint density at radius 1 is 1.07 bits per heavy atom. The molecule has 2 rings (SSSR count). The highest BCUT2D eigenvalue weighted by atomic mass is 32.2. The minimum atomic E-state index is -3.65. The van der Waals surface area contributed by atoms with Gasteiger partial charge in [-0.3, -0.25) is 9.10 Å². The zero-order valence-electron chi connectivity index (χ0n) is 16.3. The molecule has 0 aliphatic carbocycles. The fraction of sp³-hybridized carbons (Fsp3) is 0.350. The van der Waals surface area contributed by atoms with Crippen LogP contribution in [0, 0.1) is 6.92 Å². The lowest BCUT2D eigenvalue weighted by Gasteiger charge is -2.28. The topological polar surface area (TPSA) is 75.7 Å². The van der Waals surface area contributed by atoms with Crippen molar-refractivity contribution in [1.29, 1.82) is 0 Å². The molecular formula is C20H26N2O4S. The van der Waals surface area contributed by atoms with Crippen LogP contribution < -0.4 is 14.4 Å². The highest BCUT2D eigenvalue weighted by Gasteiger charge is 2.29. The SMILES string of the molecule is Cc1cccc(N([C@H](C)C(=O)Nc2cccc(OC(C)C)c2)S(C)(=O)=O)c1. The first-order chi connectivity index (χ1) is 12.6. The molecule has 1 atom stereocenters. The van der Waals surface area contributed by atoms with Gasteiger partial charge in [0.25, 0.3) is 0 Å². The number of nitrogens with one attached hydrogen (secondary N) is 1. The Labute approximate surface area is 161 Å². The first kappa shape index (κ1) is 20.8. The van der Waals surface area contributed by atoms with E-state index < -0.39 is 22.0 Å². The summed E-state index contributed by atoms with van der Waals surface area (Å²) in [5.74, 6) is 0.206. The van der Waals surface area contributed by atoms with Gasteiger partial charge in [0, 0.05) is 11.8 Å². The van der Waals surface area contributed by atoms with Crippen LogP contribution in [0.5, 0.6) is 5.75 Å². The minimum Gasteiger partial charge on any atom is -0.491 e. The number of hydrogen-bond acceptors (Lipinski definition) is 4. The monoisotopic (exact) mass is 390 g/mol. The summed E-state index contributed by atoms with van der Waals surface area (Å²) in [6.07, 6.45) is 1.10. The molecule has 0 saturated carbocycles. The van der Waals surface area contributed by atoms with Crippen LogP contribution in [-0.4, -0.2) is 32.7 Å². The first-order valence-corrected chi connectivity index (χ1v) is 10.6. The highest BCUT2D eigenvalue weighted by Crippen LogP contribution is 2.23. The molecule has 0 bridgehead atoms. The summed E-state index contributed by atoms with van der Waals surface area (Å²) in [5.41, 5.74) is 1.91. The van der Waals surface area contributed by atoms with Crippen molar-refractivity contribution in [1.82, 2.24) is 0 Å². The lowest BCUT2D eigenvalue weighted by atomic mass is 10.2. The molecule has 27 heavy (non-hydrogen) atoms. The zero-order valence-corrected chi connectivity index (χ0v) is 17.1. The number of benzene rings is 2. The van der Waals surface area contributed by atoms with Crippen molar-refractivity contribution >= 4 is 27.3 Å². The average molecular weight is 391 g/mol. The zero-order chi connectivity index (χ0) is 20.2. The molecule has 6 nitrogen and oxygen atoms in total. The van der Waals surface area contributed by atoms with Crippen LogP contribution >= 0.6 is 0 Å².